The second kappa shape index (κ2) is 3.44. The molecule has 1 heterocycles. The molecule has 17 heavy (non-hydrogen) atoms. The Hall–Kier alpha value is -1.12. The number of nitrogens with zero attached hydrogens (tertiary/aromatic N) is 2. The van der Waals surface area contributed by atoms with Crippen molar-refractivity contribution in [2.75, 3.05) is 5.32 Å². The molecule has 1 N–H and O–H groups in total. The maximum atomic E-state index is 4.16. The summed E-state index contributed by atoms with van der Waals surface area (Å²) in [5.74, 6) is 1.78. The van der Waals surface area contributed by atoms with Crippen LogP contribution in [-0.4, -0.2) is 16.2 Å². The highest BCUT2D eigenvalue weighted by Gasteiger charge is 2.59. The van der Waals surface area contributed by atoms with Crippen molar-refractivity contribution in [1.29, 1.82) is 0 Å². The molecule has 3 heteroatoms. The van der Waals surface area contributed by atoms with Crippen LogP contribution in [0.4, 0.5) is 5.82 Å². The highest BCUT2D eigenvalue weighted by atomic mass is 15.2. The van der Waals surface area contributed by atoms with E-state index in [-0.39, 0.29) is 0 Å². The van der Waals surface area contributed by atoms with Gasteiger partial charge < -0.3 is 5.32 Å². The van der Waals surface area contributed by atoms with Gasteiger partial charge in [-0.3, -0.25) is 0 Å². The Morgan fingerprint density at radius 2 is 2.18 bits per heavy atom. The van der Waals surface area contributed by atoms with Gasteiger partial charge in [0, 0.05) is 12.2 Å². The zero-order valence-corrected chi connectivity index (χ0v) is 10.9. The Bertz CT molecular complexity index is 410. The quantitative estimate of drug-likeness (QED) is 0.850. The van der Waals surface area contributed by atoms with Gasteiger partial charge in [-0.25, -0.2) is 0 Å². The second-order valence-corrected chi connectivity index (χ2v) is 6.60. The van der Waals surface area contributed by atoms with Gasteiger partial charge in [0.1, 0.15) is 5.82 Å². The smallest absolute Gasteiger partial charge is 0.148 e. The van der Waals surface area contributed by atoms with Crippen molar-refractivity contribution < 1.29 is 0 Å². The van der Waals surface area contributed by atoms with Gasteiger partial charge in [0.15, 0.2) is 0 Å². The van der Waals surface area contributed by atoms with Gasteiger partial charge in [-0.2, -0.15) is 5.10 Å². The molecule has 0 aliphatic heterocycles. The number of fused-ring (bicyclic) bond motifs is 2. The highest BCUT2D eigenvalue weighted by Crippen LogP contribution is 2.62. The van der Waals surface area contributed by atoms with Crippen LogP contribution in [-0.2, 0) is 0 Å². The fourth-order valence-electron chi connectivity index (χ4n) is 4.19. The number of anilines is 1. The van der Waals surface area contributed by atoms with Crippen molar-refractivity contribution in [3.05, 3.63) is 18.3 Å². The van der Waals surface area contributed by atoms with Crippen molar-refractivity contribution in [1.82, 2.24) is 10.2 Å². The van der Waals surface area contributed by atoms with E-state index in [2.05, 4.69) is 36.3 Å². The summed E-state index contributed by atoms with van der Waals surface area (Å²) in [7, 11) is 0. The Balaban J connectivity index is 1.88. The lowest BCUT2D eigenvalue weighted by molar-refractivity contribution is 0.155. The molecule has 0 aromatic carbocycles. The average Bonchev–Trinajstić information content (AvgIpc) is 2.77. The first kappa shape index (κ1) is 11.0. The molecule has 3 nitrogen and oxygen atoms in total. The molecule has 2 fully saturated rings. The molecular weight excluding hydrogens is 210 g/mol. The number of aromatic nitrogens is 2. The number of hydrogen-bond acceptors (Lipinski definition) is 3. The third-order valence-corrected chi connectivity index (χ3v) is 5.13. The topological polar surface area (TPSA) is 37.8 Å². The first-order chi connectivity index (χ1) is 8.02. The Morgan fingerprint density at radius 3 is 2.76 bits per heavy atom. The number of hydrogen-bond donors (Lipinski definition) is 1. The first-order valence-corrected chi connectivity index (χ1v) is 6.57. The van der Waals surface area contributed by atoms with Crippen LogP contribution in [0, 0.1) is 16.7 Å². The molecule has 3 rings (SSSR count). The van der Waals surface area contributed by atoms with Crippen LogP contribution in [0.25, 0.3) is 0 Å². The summed E-state index contributed by atoms with van der Waals surface area (Å²) in [6, 6.07) is 4.47. The van der Waals surface area contributed by atoms with Crippen LogP contribution in [0.15, 0.2) is 18.3 Å². The molecule has 92 valence electrons. The normalized spacial score (nSPS) is 38.3. The zero-order valence-electron chi connectivity index (χ0n) is 10.9. The van der Waals surface area contributed by atoms with Crippen LogP contribution in [0.2, 0.25) is 0 Å². The summed E-state index contributed by atoms with van der Waals surface area (Å²) < 4.78 is 0. The molecule has 2 saturated carbocycles. The monoisotopic (exact) mass is 231 g/mol. The van der Waals surface area contributed by atoms with E-state index in [1.807, 2.05) is 12.1 Å². The van der Waals surface area contributed by atoms with Gasteiger partial charge >= 0.3 is 0 Å². The van der Waals surface area contributed by atoms with E-state index in [1.165, 1.54) is 19.3 Å². The van der Waals surface area contributed by atoms with Crippen molar-refractivity contribution in [3.8, 4) is 0 Å². The van der Waals surface area contributed by atoms with E-state index >= 15 is 0 Å². The zero-order chi connectivity index (χ0) is 12.1. The van der Waals surface area contributed by atoms with Gasteiger partial charge in [0.25, 0.3) is 0 Å². The molecule has 2 aliphatic carbocycles. The third kappa shape index (κ3) is 1.55. The van der Waals surface area contributed by atoms with Gasteiger partial charge in [-0.15, -0.1) is 5.10 Å². The predicted molar refractivity (Wildman–Crippen MR) is 68.7 cm³/mol. The largest absolute Gasteiger partial charge is 0.365 e. The minimum atomic E-state index is 0.366. The molecule has 3 atom stereocenters. The summed E-state index contributed by atoms with van der Waals surface area (Å²) in [6.45, 7) is 7.22. The van der Waals surface area contributed by atoms with E-state index < -0.39 is 0 Å². The summed E-state index contributed by atoms with van der Waals surface area (Å²) in [4.78, 5) is 0. The van der Waals surface area contributed by atoms with E-state index in [1.54, 1.807) is 6.20 Å². The summed E-state index contributed by atoms with van der Waals surface area (Å²) in [6.07, 6.45) is 5.82. The summed E-state index contributed by atoms with van der Waals surface area (Å²) in [5, 5.41) is 11.7. The molecule has 1 aromatic rings. The summed E-state index contributed by atoms with van der Waals surface area (Å²) >= 11 is 0. The molecular formula is C14H21N3. The Morgan fingerprint density at radius 1 is 1.35 bits per heavy atom. The fourth-order valence-corrected chi connectivity index (χ4v) is 4.19. The lowest BCUT2D eigenvalue weighted by Crippen LogP contribution is -2.46. The van der Waals surface area contributed by atoms with E-state index in [0.717, 1.165) is 11.7 Å². The van der Waals surface area contributed by atoms with Crippen LogP contribution >= 0.6 is 0 Å². The Labute approximate surface area is 103 Å². The van der Waals surface area contributed by atoms with Crippen molar-refractivity contribution in [2.45, 2.75) is 46.1 Å². The first-order valence-electron chi connectivity index (χ1n) is 6.57. The van der Waals surface area contributed by atoms with Crippen LogP contribution in [0.3, 0.4) is 0 Å². The highest BCUT2D eigenvalue weighted by molar-refractivity contribution is 5.36. The lowest BCUT2D eigenvalue weighted by atomic mass is 9.68. The van der Waals surface area contributed by atoms with Gasteiger partial charge in [0.05, 0.1) is 0 Å². The predicted octanol–water partition coefficient (Wildman–Crippen LogP) is 3.10. The van der Waals surface area contributed by atoms with E-state index in [9.17, 15) is 0 Å². The minimum Gasteiger partial charge on any atom is -0.365 e. The van der Waals surface area contributed by atoms with Gasteiger partial charge in [-0.1, -0.05) is 20.8 Å². The van der Waals surface area contributed by atoms with Crippen LogP contribution in [0.5, 0.6) is 0 Å². The fraction of sp³-hybridized carbons (Fsp3) is 0.714. The average molecular weight is 231 g/mol. The molecule has 0 saturated heterocycles. The maximum Gasteiger partial charge on any atom is 0.148 e. The number of rotatable bonds is 2. The third-order valence-electron chi connectivity index (χ3n) is 5.13. The molecule has 0 amide bonds. The number of nitrogens with one attached hydrogen (secondary N) is 1. The van der Waals surface area contributed by atoms with Crippen molar-refractivity contribution in [3.63, 3.8) is 0 Å². The molecule has 3 unspecified atom stereocenters. The summed E-state index contributed by atoms with van der Waals surface area (Å²) in [5.41, 5.74) is 0.802. The van der Waals surface area contributed by atoms with E-state index in [4.69, 9.17) is 0 Å². The van der Waals surface area contributed by atoms with Crippen molar-refractivity contribution in [2.24, 2.45) is 16.7 Å². The van der Waals surface area contributed by atoms with Crippen LogP contribution in [0.1, 0.15) is 40.0 Å². The second-order valence-electron chi connectivity index (χ2n) is 6.60. The standard InChI is InChI=1S/C14H21N3/c1-13(2)10-6-7-14(3,9-10)12(13)16-11-5-4-8-15-17-11/h4-5,8,10,12H,6-7,9H2,1-3H3,(H,16,17). The molecule has 2 aliphatic rings. The SMILES string of the molecule is CC12CCC(C1)C(C)(C)C2Nc1cccnn1. The maximum absolute atomic E-state index is 4.16. The van der Waals surface area contributed by atoms with Crippen LogP contribution < -0.4 is 5.32 Å². The molecule has 2 bridgehead atoms. The molecule has 1 aromatic heterocycles. The van der Waals surface area contributed by atoms with Gasteiger partial charge in [0.2, 0.25) is 0 Å². The van der Waals surface area contributed by atoms with Crippen molar-refractivity contribution >= 4 is 5.82 Å². The Kier molecular flexibility index (Phi) is 2.22. The minimum absolute atomic E-state index is 0.366. The van der Waals surface area contributed by atoms with Gasteiger partial charge in [-0.05, 0) is 48.1 Å². The molecule has 0 radical (unpaired) electrons. The lowest BCUT2D eigenvalue weighted by Gasteiger charge is -2.43. The molecule has 0 spiro atoms. The van der Waals surface area contributed by atoms with E-state index in [0.29, 0.717) is 16.9 Å².